The molecule has 1 aromatic rings. The number of hydrogen-bond acceptors (Lipinski definition) is 4. The monoisotopic (exact) mass is 260 g/mol. The molecule has 102 valence electrons. The minimum Gasteiger partial charge on any atom is -0.366 e. The first-order valence-electron chi connectivity index (χ1n) is 7.22. The van der Waals surface area contributed by atoms with Crippen LogP contribution in [0.25, 0.3) is 0 Å². The highest BCUT2D eigenvalue weighted by Gasteiger charge is 2.22. The molecule has 3 rings (SSSR count). The van der Waals surface area contributed by atoms with Crippen molar-refractivity contribution in [1.29, 1.82) is 0 Å². The molecule has 0 spiro atoms. The maximum absolute atomic E-state index is 12.0. The molecule has 1 amide bonds. The number of nitrogens with zero attached hydrogens (tertiary/aromatic N) is 2. The lowest BCUT2D eigenvalue weighted by atomic mass is 9.89. The summed E-state index contributed by atoms with van der Waals surface area (Å²) in [4.78, 5) is 12.0. The fourth-order valence-corrected chi connectivity index (χ4v) is 2.51. The van der Waals surface area contributed by atoms with Crippen molar-refractivity contribution in [2.45, 2.75) is 51.0 Å². The van der Waals surface area contributed by atoms with Crippen molar-refractivity contribution in [3.8, 4) is 0 Å². The molecule has 5 nitrogen and oxygen atoms in total. The Hall–Kier alpha value is -1.65. The van der Waals surface area contributed by atoms with E-state index in [2.05, 4.69) is 20.8 Å². The maximum Gasteiger partial charge on any atom is 0.228 e. The Labute approximate surface area is 113 Å². The average Bonchev–Trinajstić information content (AvgIpc) is 3.26. The van der Waals surface area contributed by atoms with Gasteiger partial charge in [0.1, 0.15) is 5.82 Å². The molecule has 19 heavy (non-hydrogen) atoms. The lowest BCUT2D eigenvalue weighted by molar-refractivity contribution is -0.120. The third-order valence-electron chi connectivity index (χ3n) is 3.82. The molecule has 0 aliphatic heterocycles. The minimum atomic E-state index is 0.0944. The Kier molecular flexibility index (Phi) is 3.62. The molecule has 0 radical (unpaired) electrons. The lowest BCUT2D eigenvalue weighted by Gasteiger charge is -2.20. The topological polar surface area (TPSA) is 66.9 Å². The summed E-state index contributed by atoms with van der Waals surface area (Å²) in [5.41, 5.74) is 0. The fraction of sp³-hybridized carbons (Fsp3) is 0.643. The SMILES string of the molecule is O=C(Nc1ccc(NC2CC2)nn1)C1CCCCC1. The highest BCUT2D eigenvalue weighted by molar-refractivity contribution is 5.91. The standard InChI is InChI=1S/C14H20N4O/c19-14(10-4-2-1-3-5-10)16-13-9-8-12(17-18-13)15-11-6-7-11/h8-11H,1-7H2,(H,15,17)(H,16,18,19). The second kappa shape index (κ2) is 5.55. The van der Waals surface area contributed by atoms with Crippen LogP contribution in [0, 0.1) is 5.92 Å². The van der Waals surface area contributed by atoms with Gasteiger partial charge in [0.25, 0.3) is 0 Å². The van der Waals surface area contributed by atoms with E-state index in [1.54, 1.807) is 0 Å². The molecule has 0 atom stereocenters. The van der Waals surface area contributed by atoms with E-state index in [1.807, 2.05) is 12.1 Å². The molecule has 0 saturated heterocycles. The summed E-state index contributed by atoms with van der Waals surface area (Å²) in [5, 5.41) is 14.3. The van der Waals surface area contributed by atoms with Crippen molar-refractivity contribution in [1.82, 2.24) is 10.2 Å². The van der Waals surface area contributed by atoms with Crippen LogP contribution in [0.1, 0.15) is 44.9 Å². The molecule has 2 aliphatic carbocycles. The molecule has 0 bridgehead atoms. The Morgan fingerprint density at radius 1 is 1.00 bits per heavy atom. The largest absolute Gasteiger partial charge is 0.366 e. The van der Waals surface area contributed by atoms with Gasteiger partial charge in [-0.15, -0.1) is 10.2 Å². The molecule has 1 aromatic heterocycles. The first kappa shape index (κ1) is 12.4. The summed E-state index contributed by atoms with van der Waals surface area (Å²) in [6.45, 7) is 0. The van der Waals surface area contributed by atoms with Crippen molar-refractivity contribution < 1.29 is 4.79 Å². The van der Waals surface area contributed by atoms with Gasteiger partial charge in [0.2, 0.25) is 5.91 Å². The molecule has 2 aliphatic rings. The average molecular weight is 260 g/mol. The molecule has 0 unspecified atom stereocenters. The summed E-state index contributed by atoms with van der Waals surface area (Å²) in [7, 11) is 0. The fourth-order valence-electron chi connectivity index (χ4n) is 2.51. The number of anilines is 2. The van der Waals surface area contributed by atoms with Crippen LogP contribution >= 0.6 is 0 Å². The van der Waals surface area contributed by atoms with Crippen molar-refractivity contribution in [3.63, 3.8) is 0 Å². The number of amides is 1. The van der Waals surface area contributed by atoms with Gasteiger partial charge in [0.05, 0.1) is 0 Å². The van der Waals surface area contributed by atoms with E-state index < -0.39 is 0 Å². The van der Waals surface area contributed by atoms with Crippen molar-refractivity contribution in [3.05, 3.63) is 12.1 Å². The van der Waals surface area contributed by atoms with Gasteiger partial charge in [0.15, 0.2) is 5.82 Å². The quantitative estimate of drug-likeness (QED) is 0.873. The highest BCUT2D eigenvalue weighted by Crippen LogP contribution is 2.25. The summed E-state index contributed by atoms with van der Waals surface area (Å²) in [5.74, 6) is 1.59. The van der Waals surface area contributed by atoms with Gasteiger partial charge in [-0.3, -0.25) is 4.79 Å². The predicted octanol–water partition coefficient (Wildman–Crippen LogP) is 2.57. The first-order valence-corrected chi connectivity index (χ1v) is 7.22. The van der Waals surface area contributed by atoms with Crippen LogP contribution < -0.4 is 10.6 Å². The van der Waals surface area contributed by atoms with Crippen molar-refractivity contribution in [2.24, 2.45) is 5.92 Å². The van der Waals surface area contributed by atoms with Crippen LogP contribution in [0.15, 0.2) is 12.1 Å². The van der Waals surface area contributed by atoms with E-state index in [9.17, 15) is 4.79 Å². The zero-order valence-electron chi connectivity index (χ0n) is 11.1. The molecule has 1 heterocycles. The number of nitrogens with one attached hydrogen (secondary N) is 2. The number of hydrogen-bond donors (Lipinski definition) is 2. The second-order valence-electron chi connectivity index (χ2n) is 5.55. The van der Waals surface area contributed by atoms with E-state index in [0.29, 0.717) is 11.9 Å². The Morgan fingerprint density at radius 3 is 2.32 bits per heavy atom. The van der Waals surface area contributed by atoms with Gasteiger partial charge in [-0.25, -0.2) is 0 Å². The van der Waals surface area contributed by atoms with E-state index in [0.717, 1.165) is 31.5 Å². The number of aromatic nitrogens is 2. The molecule has 2 fully saturated rings. The Morgan fingerprint density at radius 2 is 1.68 bits per heavy atom. The number of carbonyl (C=O) groups is 1. The molecule has 5 heteroatoms. The maximum atomic E-state index is 12.0. The third-order valence-corrected chi connectivity index (χ3v) is 3.82. The van der Waals surface area contributed by atoms with Crippen molar-refractivity contribution in [2.75, 3.05) is 10.6 Å². The van der Waals surface area contributed by atoms with Crippen molar-refractivity contribution >= 4 is 17.5 Å². The van der Waals surface area contributed by atoms with Crippen LogP contribution in [0.3, 0.4) is 0 Å². The molecule has 2 N–H and O–H groups in total. The smallest absolute Gasteiger partial charge is 0.228 e. The zero-order valence-corrected chi connectivity index (χ0v) is 11.1. The van der Waals surface area contributed by atoms with Gasteiger partial charge in [-0.2, -0.15) is 0 Å². The summed E-state index contributed by atoms with van der Waals surface area (Å²) in [6, 6.07) is 4.26. The predicted molar refractivity (Wildman–Crippen MR) is 73.9 cm³/mol. The number of carbonyl (C=O) groups excluding carboxylic acids is 1. The molecular weight excluding hydrogens is 240 g/mol. The zero-order chi connectivity index (χ0) is 13.1. The lowest BCUT2D eigenvalue weighted by Crippen LogP contribution is -2.25. The summed E-state index contributed by atoms with van der Waals surface area (Å²) >= 11 is 0. The third kappa shape index (κ3) is 3.43. The van der Waals surface area contributed by atoms with E-state index in [4.69, 9.17) is 0 Å². The van der Waals surface area contributed by atoms with Gasteiger partial charge in [-0.1, -0.05) is 19.3 Å². The van der Waals surface area contributed by atoms with Crippen LogP contribution in [0.2, 0.25) is 0 Å². The summed E-state index contributed by atoms with van der Waals surface area (Å²) in [6.07, 6.45) is 8.00. The van der Waals surface area contributed by atoms with E-state index in [1.165, 1.54) is 19.3 Å². The van der Waals surface area contributed by atoms with Crippen LogP contribution in [-0.4, -0.2) is 22.1 Å². The molecular formula is C14H20N4O. The van der Waals surface area contributed by atoms with Gasteiger partial charge in [0, 0.05) is 12.0 Å². The van der Waals surface area contributed by atoms with E-state index in [-0.39, 0.29) is 11.8 Å². The highest BCUT2D eigenvalue weighted by atomic mass is 16.1. The second-order valence-corrected chi connectivity index (χ2v) is 5.55. The van der Waals surface area contributed by atoms with Gasteiger partial charge < -0.3 is 10.6 Å². The summed E-state index contributed by atoms with van der Waals surface area (Å²) < 4.78 is 0. The van der Waals surface area contributed by atoms with Crippen LogP contribution in [0.4, 0.5) is 11.6 Å². The van der Waals surface area contributed by atoms with Gasteiger partial charge >= 0.3 is 0 Å². The normalized spacial score (nSPS) is 20.0. The van der Waals surface area contributed by atoms with Crippen LogP contribution in [0.5, 0.6) is 0 Å². The van der Waals surface area contributed by atoms with Crippen LogP contribution in [-0.2, 0) is 4.79 Å². The van der Waals surface area contributed by atoms with E-state index >= 15 is 0 Å². The first-order chi connectivity index (χ1) is 9.31. The number of rotatable bonds is 4. The molecule has 0 aromatic carbocycles. The Bertz CT molecular complexity index is 435. The Balaban J connectivity index is 1.54. The van der Waals surface area contributed by atoms with Gasteiger partial charge in [-0.05, 0) is 37.8 Å². The minimum absolute atomic E-state index is 0.0944. The molecule has 2 saturated carbocycles.